The van der Waals surface area contributed by atoms with E-state index < -0.39 is 36.3 Å². The number of amides is 1. The first kappa shape index (κ1) is 40.0. The van der Waals surface area contributed by atoms with Crippen LogP contribution in [0.15, 0.2) is 23.8 Å². The Morgan fingerprint density at radius 2 is 1.66 bits per heavy atom. The van der Waals surface area contributed by atoms with Crippen molar-refractivity contribution in [3.63, 3.8) is 0 Å². The van der Waals surface area contributed by atoms with E-state index in [2.05, 4.69) is 25.2 Å². The molecule has 44 heavy (non-hydrogen) atoms. The van der Waals surface area contributed by atoms with Crippen molar-refractivity contribution in [3.8, 4) is 0 Å². The Balaban J connectivity index is 2.96. The maximum absolute atomic E-state index is 12.8. The summed E-state index contributed by atoms with van der Waals surface area (Å²) in [5.41, 5.74) is 0.973. The van der Waals surface area contributed by atoms with Crippen LogP contribution in [0, 0.1) is 17.8 Å². The van der Waals surface area contributed by atoms with E-state index in [1.54, 1.807) is 7.11 Å². The fourth-order valence-electron chi connectivity index (χ4n) is 5.63. The van der Waals surface area contributed by atoms with Gasteiger partial charge in [0.15, 0.2) is 6.10 Å². The van der Waals surface area contributed by atoms with Gasteiger partial charge in [0.1, 0.15) is 5.78 Å². The van der Waals surface area contributed by atoms with Crippen molar-refractivity contribution >= 4 is 17.7 Å². The molecule has 4 N–H and O–H groups in total. The van der Waals surface area contributed by atoms with E-state index in [0.717, 1.165) is 44.1 Å². The minimum absolute atomic E-state index is 0.113. The molecule has 1 amide bonds. The van der Waals surface area contributed by atoms with E-state index in [-0.39, 0.29) is 31.2 Å². The number of carbonyl (C=O) groups is 3. The summed E-state index contributed by atoms with van der Waals surface area (Å²) in [6.07, 6.45) is 10.9. The fourth-order valence-corrected chi connectivity index (χ4v) is 5.63. The topological polar surface area (TPSA) is 142 Å². The van der Waals surface area contributed by atoms with Crippen LogP contribution in [0.2, 0.25) is 0 Å². The number of hydrogen-bond donors (Lipinski definition) is 4. The number of ketones is 1. The number of allylic oxidation sites excluding steroid dienone is 3. The van der Waals surface area contributed by atoms with E-state index in [1.165, 1.54) is 0 Å². The van der Waals surface area contributed by atoms with Gasteiger partial charge in [-0.05, 0) is 68.8 Å². The van der Waals surface area contributed by atoms with Gasteiger partial charge in [-0.2, -0.15) is 0 Å². The Labute approximate surface area is 265 Å². The van der Waals surface area contributed by atoms with Crippen molar-refractivity contribution in [1.82, 2.24) is 5.32 Å². The monoisotopic (exact) mass is 623 g/mol. The zero-order valence-electron chi connectivity index (χ0n) is 28.0. The number of nitrogens with one attached hydrogen (secondary N) is 1. The zero-order chi connectivity index (χ0) is 32.9. The first-order chi connectivity index (χ1) is 21.0. The Hall–Kier alpha value is -2.07. The van der Waals surface area contributed by atoms with E-state index in [9.17, 15) is 29.7 Å². The van der Waals surface area contributed by atoms with Crippen LogP contribution in [0.5, 0.6) is 0 Å². The van der Waals surface area contributed by atoms with Crippen LogP contribution in [-0.4, -0.2) is 77.7 Å². The molecule has 0 fully saturated rings. The van der Waals surface area contributed by atoms with Gasteiger partial charge in [-0.25, -0.2) is 0 Å². The molecule has 0 saturated carbocycles. The summed E-state index contributed by atoms with van der Waals surface area (Å²) in [7, 11) is 1.61. The molecule has 254 valence electrons. The lowest BCUT2D eigenvalue weighted by Crippen LogP contribution is -2.43. The molecule has 1 aliphatic rings. The van der Waals surface area contributed by atoms with Crippen molar-refractivity contribution in [1.29, 1.82) is 0 Å². The van der Waals surface area contributed by atoms with Gasteiger partial charge in [-0.1, -0.05) is 65.2 Å². The molecule has 0 aromatic carbocycles. The normalized spacial score (nSPS) is 32.8. The largest absolute Gasteiger partial charge is 0.452 e. The molecule has 0 bridgehead atoms. The van der Waals surface area contributed by atoms with Gasteiger partial charge in [0.2, 0.25) is 0 Å². The number of β-amino-alcohol motifs (C(OH)–C–C–N with tert-alkyl or cyclic N) is 1. The molecule has 1 heterocycles. The minimum atomic E-state index is -1.17. The lowest BCUT2D eigenvalue weighted by Gasteiger charge is -2.23. The van der Waals surface area contributed by atoms with Crippen LogP contribution < -0.4 is 5.32 Å². The highest BCUT2D eigenvalue weighted by Gasteiger charge is 2.27. The summed E-state index contributed by atoms with van der Waals surface area (Å²) in [5.74, 6) is -0.318. The smallest absolute Gasteiger partial charge is 0.309 e. The molecule has 9 heteroatoms. The average molecular weight is 624 g/mol. The Morgan fingerprint density at radius 1 is 0.932 bits per heavy atom. The number of Topliss-reactive ketones (excluding diaryl/α,β-unsaturated/α-hetero) is 1. The first-order valence-electron chi connectivity index (χ1n) is 16.9. The molecule has 1 rings (SSSR count). The highest BCUT2D eigenvalue weighted by Crippen LogP contribution is 2.22. The Kier molecular flexibility index (Phi) is 21.2. The molecule has 0 spiro atoms. The standard InChI is InChI=1S/C35H61NO8/c1-6-12-33-34(41)36-23-30(38)22-32(40)31(39)20-19-28(24-43-5)16-10-14-27(7-2)15-11-18-29(37)17-9-8-13-25(3)21-26(4)35(42)44-33/h10,14,16,25-27,30-33,38-40H,6-9,11-13,15,17-24H2,1-5H3,(H,36,41)/b14-10-,28-16+/t25-,26-,27-,30+,31+,32-,33+/m1/s1. The summed E-state index contributed by atoms with van der Waals surface area (Å²) in [5, 5.41) is 34.1. The summed E-state index contributed by atoms with van der Waals surface area (Å²) in [4.78, 5) is 38.1. The molecule has 0 aromatic heterocycles. The van der Waals surface area contributed by atoms with E-state index in [4.69, 9.17) is 9.47 Å². The second-order valence-corrected chi connectivity index (χ2v) is 12.8. The highest BCUT2D eigenvalue weighted by molar-refractivity contribution is 5.84. The lowest BCUT2D eigenvalue weighted by atomic mass is 9.92. The summed E-state index contributed by atoms with van der Waals surface area (Å²) >= 11 is 0. The van der Waals surface area contributed by atoms with Crippen molar-refractivity contribution in [2.24, 2.45) is 17.8 Å². The van der Waals surface area contributed by atoms with Crippen LogP contribution >= 0.6 is 0 Å². The number of aliphatic hydroxyl groups is 3. The number of hydrogen-bond acceptors (Lipinski definition) is 8. The Morgan fingerprint density at radius 3 is 2.34 bits per heavy atom. The van der Waals surface area contributed by atoms with Gasteiger partial charge in [0.25, 0.3) is 5.91 Å². The van der Waals surface area contributed by atoms with Crippen LogP contribution in [0.4, 0.5) is 0 Å². The maximum atomic E-state index is 12.8. The van der Waals surface area contributed by atoms with Crippen molar-refractivity contribution < 1.29 is 39.2 Å². The molecule has 0 radical (unpaired) electrons. The number of carbonyl (C=O) groups excluding carboxylic acids is 3. The van der Waals surface area contributed by atoms with Gasteiger partial charge in [-0.3, -0.25) is 14.4 Å². The number of ether oxygens (including phenoxy) is 2. The third-order valence-corrected chi connectivity index (χ3v) is 8.49. The van der Waals surface area contributed by atoms with E-state index >= 15 is 0 Å². The van der Waals surface area contributed by atoms with Crippen LogP contribution in [0.25, 0.3) is 0 Å². The van der Waals surface area contributed by atoms with Gasteiger partial charge in [-0.15, -0.1) is 0 Å². The van der Waals surface area contributed by atoms with Gasteiger partial charge in [0.05, 0.1) is 30.8 Å². The molecular weight excluding hydrogens is 562 g/mol. The quantitative estimate of drug-likeness (QED) is 0.306. The van der Waals surface area contributed by atoms with E-state index in [0.29, 0.717) is 56.8 Å². The van der Waals surface area contributed by atoms with Crippen LogP contribution in [0.3, 0.4) is 0 Å². The van der Waals surface area contributed by atoms with Crippen molar-refractivity contribution in [2.45, 2.75) is 142 Å². The number of aliphatic hydroxyl groups excluding tert-OH is 3. The van der Waals surface area contributed by atoms with Crippen LogP contribution in [-0.2, 0) is 23.9 Å². The molecule has 7 atom stereocenters. The first-order valence-corrected chi connectivity index (χ1v) is 16.9. The van der Waals surface area contributed by atoms with Crippen molar-refractivity contribution in [3.05, 3.63) is 23.8 Å². The van der Waals surface area contributed by atoms with Gasteiger partial charge < -0.3 is 30.1 Å². The summed E-state index contributed by atoms with van der Waals surface area (Å²) in [6.45, 7) is 8.21. The number of cyclic esters (lactones) is 1. The molecule has 0 aliphatic carbocycles. The number of esters is 1. The van der Waals surface area contributed by atoms with Gasteiger partial charge in [0, 0.05) is 32.9 Å². The predicted molar refractivity (Wildman–Crippen MR) is 173 cm³/mol. The molecule has 9 nitrogen and oxygen atoms in total. The van der Waals surface area contributed by atoms with Crippen LogP contribution in [0.1, 0.15) is 118 Å². The Bertz CT molecular complexity index is 888. The molecule has 0 aromatic rings. The summed E-state index contributed by atoms with van der Waals surface area (Å²) < 4.78 is 10.9. The SMILES string of the molecule is CCC[C@@H]1OC(=O)[C@H](C)C[C@H](C)CCCCC(=O)CCC[C@H](CC)/C=C\C=C(\COC)CC[C@H](O)[C@H](O)C[C@H](O)CNC1=O. The fraction of sp³-hybridized carbons (Fsp3) is 0.800. The second kappa shape index (κ2) is 23.3. The minimum Gasteiger partial charge on any atom is -0.452 e. The third-order valence-electron chi connectivity index (χ3n) is 8.49. The number of rotatable bonds is 5. The van der Waals surface area contributed by atoms with Crippen molar-refractivity contribution in [2.75, 3.05) is 20.3 Å². The third kappa shape index (κ3) is 17.4. The van der Waals surface area contributed by atoms with E-state index in [1.807, 2.05) is 26.0 Å². The molecule has 0 saturated heterocycles. The van der Waals surface area contributed by atoms with Gasteiger partial charge >= 0.3 is 5.97 Å². The maximum Gasteiger partial charge on any atom is 0.309 e. The second-order valence-electron chi connectivity index (χ2n) is 12.8. The molecular formula is C35H61NO8. The number of methoxy groups -OCH3 is 1. The highest BCUT2D eigenvalue weighted by atomic mass is 16.5. The molecule has 0 unspecified atom stereocenters. The predicted octanol–water partition coefficient (Wildman–Crippen LogP) is 5.20. The zero-order valence-corrected chi connectivity index (χ0v) is 28.0. The average Bonchev–Trinajstić information content (AvgIpc) is 2.98. The lowest BCUT2D eigenvalue weighted by molar-refractivity contribution is -0.160. The summed E-state index contributed by atoms with van der Waals surface area (Å²) in [6, 6.07) is 0. The molecule has 1 aliphatic heterocycles.